The van der Waals surface area contributed by atoms with Gasteiger partial charge in [-0.05, 0) is 56.2 Å². The van der Waals surface area contributed by atoms with Gasteiger partial charge in [0.2, 0.25) is 5.82 Å². The molecule has 0 fully saturated rings. The summed E-state index contributed by atoms with van der Waals surface area (Å²) < 4.78 is 2.43. The Kier molecular flexibility index (Phi) is 8.43. The van der Waals surface area contributed by atoms with Crippen LogP contribution in [0.2, 0.25) is 0 Å². The molecule has 6 heteroatoms. The van der Waals surface area contributed by atoms with E-state index in [0.29, 0.717) is 18.3 Å². The van der Waals surface area contributed by atoms with Gasteiger partial charge in [0.1, 0.15) is 6.10 Å². The van der Waals surface area contributed by atoms with E-state index in [2.05, 4.69) is 80.8 Å². The van der Waals surface area contributed by atoms with Crippen molar-refractivity contribution in [2.75, 3.05) is 0 Å². The smallest absolute Gasteiger partial charge is 0.202 e. The molecule has 0 spiro atoms. The Morgan fingerprint density at radius 3 is 2.55 bits per heavy atom. The van der Waals surface area contributed by atoms with Crippen LogP contribution in [0.1, 0.15) is 81.1 Å². The molecule has 2 N–H and O–H groups in total. The van der Waals surface area contributed by atoms with E-state index in [1.165, 1.54) is 49.8 Å². The summed E-state index contributed by atoms with van der Waals surface area (Å²) in [6.07, 6.45) is 11.4. The number of aliphatic hydroxyl groups is 1. The van der Waals surface area contributed by atoms with Crippen LogP contribution in [0.5, 0.6) is 0 Å². The SMILES string of the molecule is CCCCC(CCCCc1ccccc1)n1cccc1CCC(O)c1nn[nH]n1. The maximum atomic E-state index is 10.3. The molecule has 0 radical (unpaired) electrons. The minimum absolute atomic E-state index is 0.367. The maximum absolute atomic E-state index is 10.3. The van der Waals surface area contributed by atoms with E-state index in [1.54, 1.807) is 0 Å². The first-order valence-corrected chi connectivity index (χ1v) is 10.9. The number of rotatable bonds is 13. The van der Waals surface area contributed by atoms with E-state index >= 15 is 0 Å². The summed E-state index contributed by atoms with van der Waals surface area (Å²) in [5.41, 5.74) is 2.70. The molecular formula is C23H33N5O. The zero-order valence-electron chi connectivity index (χ0n) is 17.4. The van der Waals surface area contributed by atoms with Crippen molar-refractivity contribution in [3.8, 4) is 0 Å². The highest BCUT2D eigenvalue weighted by atomic mass is 16.3. The lowest BCUT2D eigenvalue weighted by atomic mass is 10.00. The zero-order chi connectivity index (χ0) is 20.3. The van der Waals surface area contributed by atoms with Gasteiger partial charge in [0.05, 0.1) is 0 Å². The van der Waals surface area contributed by atoms with Gasteiger partial charge < -0.3 is 9.67 Å². The number of aromatic amines is 1. The maximum Gasteiger partial charge on any atom is 0.202 e. The minimum Gasteiger partial charge on any atom is -0.385 e. The predicted octanol–water partition coefficient (Wildman–Crippen LogP) is 4.81. The van der Waals surface area contributed by atoms with Crippen molar-refractivity contribution < 1.29 is 5.11 Å². The summed E-state index contributed by atoms with van der Waals surface area (Å²) in [5.74, 6) is 0.367. The number of tetrazole rings is 1. The third kappa shape index (κ3) is 6.53. The number of nitrogens with zero attached hydrogens (tertiary/aromatic N) is 4. The third-order valence-electron chi connectivity index (χ3n) is 5.58. The van der Waals surface area contributed by atoms with Crippen LogP contribution in [0.15, 0.2) is 48.7 Å². The fourth-order valence-corrected chi connectivity index (χ4v) is 3.94. The van der Waals surface area contributed by atoms with Gasteiger partial charge in [-0.25, -0.2) is 0 Å². The normalized spacial score (nSPS) is 13.4. The monoisotopic (exact) mass is 395 g/mol. The lowest BCUT2D eigenvalue weighted by Crippen LogP contribution is -2.13. The summed E-state index contributed by atoms with van der Waals surface area (Å²) in [7, 11) is 0. The van der Waals surface area contributed by atoms with Gasteiger partial charge in [0.15, 0.2) is 0 Å². The highest BCUT2D eigenvalue weighted by Crippen LogP contribution is 2.26. The van der Waals surface area contributed by atoms with E-state index in [9.17, 15) is 5.11 Å². The molecule has 2 aromatic heterocycles. The van der Waals surface area contributed by atoms with Crippen LogP contribution in [0.25, 0.3) is 0 Å². The number of H-pyrrole nitrogens is 1. The van der Waals surface area contributed by atoms with Crippen LogP contribution < -0.4 is 0 Å². The molecule has 2 heterocycles. The van der Waals surface area contributed by atoms with E-state index in [0.717, 1.165) is 12.8 Å². The summed E-state index contributed by atoms with van der Waals surface area (Å²) in [5, 5.41) is 24.0. The first-order valence-electron chi connectivity index (χ1n) is 10.9. The van der Waals surface area contributed by atoms with Crippen LogP contribution >= 0.6 is 0 Å². The highest BCUT2D eigenvalue weighted by molar-refractivity contribution is 5.14. The van der Waals surface area contributed by atoms with Crippen LogP contribution in [-0.4, -0.2) is 30.3 Å². The summed E-state index contributed by atoms with van der Waals surface area (Å²) in [4.78, 5) is 0. The topological polar surface area (TPSA) is 79.6 Å². The Hall–Kier alpha value is -2.47. The van der Waals surface area contributed by atoms with E-state index < -0.39 is 6.10 Å². The van der Waals surface area contributed by atoms with Gasteiger partial charge in [0, 0.05) is 17.9 Å². The van der Waals surface area contributed by atoms with Gasteiger partial charge >= 0.3 is 0 Å². The first kappa shape index (κ1) is 21.2. The van der Waals surface area contributed by atoms with Crippen molar-refractivity contribution in [2.24, 2.45) is 0 Å². The number of hydrogen-bond donors (Lipinski definition) is 2. The Labute approximate surface area is 173 Å². The van der Waals surface area contributed by atoms with Crippen molar-refractivity contribution in [1.82, 2.24) is 25.2 Å². The van der Waals surface area contributed by atoms with Crippen molar-refractivity contribution in [3.63, 3.8) is 0 Å². The molecular weight excluding hydrogens is 362 g/mol. The van der Waals surface area contributed by atoms with Gasteiger partial charge in [-0.1, -0.05) is 61.7 Å². The van der Waals surface area contributed by atoms with Crippen molar-refractivity contribution in [1.29, 1.82) is 0 Å². The third-order valence-corrected chi connectivity index (χ3v) is 5.58. The molecule has 0 aliphatic rings. The molecule has 6 nitrogen and oxygen atoms in total. The second-order valence-corrected chi connectivity index (χ2v) is 7.76. The molecule has 1 aromatic carbocycles. The average molecular weight is 396 g/mol. The molecule has 0 saturated carbocycles. The molecule has 156 valence electrons. The Morgan fingerprint density at radius 1 is 0.966 bits per heavy atom. The molecule has 3 rings (SSSR count). The number of aliphatic hydroxyl groups excluding tert-OH is 1. The lowest BCUT2D eigenvalue weighted by molar-refractivity contribution is 0.157. The number of hydrogen-bond acceptors (Lipinski definition) is 4. The van der Waals surface area contributed by atoms with Gasteiger partial charge in [-0.3, -0.25) is 0 Å². The molecule has 0 amide bonds. The van der Waals surface area contributed by atoms with Crippen LogP contribution in [0.4, 0.5) is 0 Å². The Balaban J connectivity index is 1.54. The molecule has 0 saturated heterocycles. The molecule has 0 aliphatic heterocycles. The van der Waals surface area contributed by atoms with Crippen molar-refractivity contribution >= 4 is 0 Å². The number of aromatic nitrogens is 5. The van der Waals surface area contributed by atoms with E-state index in [1.807, 2.05) is 0 Å². The zero-order valence-corrected chi connectivity index (χ0v) is 17.4. The lowest BCUT2D eigenvalue weighted by Gasteiger charge is -2.22. The second kappa shape index (κ2) is 11.5. The minimum atomic E-state index is -0.683. The van der Waals surface area contributed by atoms with Crippen LogP contribution in [0.3, 0.4) is 0 Å². The fraction of sp³-hybridized carbons (Fsp3) is 0.522. The van der Waals surface area contributed by atoms with Gasteiger partial charge in [0.25, 0.3) is 0 Å². The Morgan fingerprint density at radius 2 is 1.79 bits per heavy atom. The quantitative estimate of drug-likeness (QED) is 0.407. The second-order valence-electron chi connectivity index (χ2n) is 7.76. The number of nitrogens with one attached hydrogen (secondary N) is 1. The van der Waals surface area contributed by atoms with Crippen LogP contribution in [0, 0.1) is 0 Å². The fourth-order valence-electron chi connectivity index (χ4n) is 3.94. The molecule has 3 aromatic rings. The summed E-state index contributed by atoms with van der Waals surface area (Å²) in [6, 6.07) is 15.6. The molecule has 0 aliphatic carbocycles. The van der Waals surface area contributed by atoms with E-state index in [4.69, 9.17) is 0 Å². The van der Waals surface area contributed by atoms with E-state index in [-0.39, 0.29) is 0 Å². The van der Waals surface area contributed by atoms with Crippen molar-refractivity contribution in [3.05, 3.63) is 65.7 Å². The Bertz CT molecular complexity index is 800. The number of unbranched alkanes of at least 4 members (excludes halogenated alkanes) is 2. The molecule has 0 bridgehead atoms. The summed E-state index contributed by atoms with van der Waals surface area (Å²) in [6.45, 7) is 2.25. The molecule has 2 atom stereocenters. The average Bonchev–Trinajstić information content (AvgIpc) is 3.44. The molecule has 29 heavy (non-hydrogen) atoms. The van der Waals surface area contributed by atoms with Gasteiger partial charge in [-0.2, -0.15) is 5.21 Å². The standard InChI is InChI=1S/C23H33N5O/c1-2-3-13-20(14-8-7-12-19-10-5-4-6-11-19)28-18-9-15-21(28)16-17-22(29)23-24-26-27-25-23/h4-6,9-11,15,18,20,22,29H,2-3,7-8,12-14,16-17H2,1H3,(H,24,25,26,27). The van der Waals surface area contributed by atoms with Crippen molar-refractivity contribution in [2.45, 2.75) is 76.9 Å². The predicted molar refractivity (Wildman–Crippen MR) is 114 cm³/mol. The summed E-state index contributed by atoms with van der Waals surface area (Å²) >= 11 is 0. The van der Waals surface area contributed by atoms with Gasteiger partial charge in [-0.15, -0.1) is 10.2 Å². The highest BCUT2D eigenvalue weighted by Gasteiger charge is 2.16. The molecule has 2 unspecified atom stereocenters. The number of benzene rings is 1. The first-order chi connectivity index (χ1) is 14.3. The number of aryl methyl sites for hydroxylation is 2. The largest absolute Gasteiger partial charge is 0.385 e. The van der Waals surface area contributed by atoms with Crippen LogP contribution in [-0.2, 0) is 12.8 Å².